The quantitative estimate of drug-likeness (QED) is 0.776. The van der Waals surface area contributed by atoms with Gasteiger partial charge in [0.15, 0.2) is 0 Å². The van der Waals surface area contributed by atoms with Crippen LogP contribution in [0.3, 0.4) is 0 Å². The molecule has 1 aromatic heterocycles. The van der Waals surface area contributed by atoms with Crippen molar-refractivity contribution in [2.45, 2.75) is 18.4 Å². The smallest absolute Gasteiger partial charge is 0.0555 e. The number of fused-ring (bicyclic) bond motifs is 3. The van der Waals surface area contributed by atoms with Gasteiger partial charge >= 0.3 is 0 Å². The second-order valence-electron chi connectivity index (χ2n) is 5.49. The van der Waals surface area contributed by atoms with Crippen LogP contribution >= 0.6 is 11.6 Å². The van der Waals surface area contributed by atoms with Gasteiger partial charge in [-0.3, -0.25) is 4.98 Å². The minimum Gasteiger partial charge on any atom is -0.378 e. The van der Waals surface area contributed by atoms with Gasteiger partial charge in [0.2, 0.25) is 0 Å². The predicted octanol–water partition coefficient (Wildman–Crippen LogP) is 4.56. The standard InChI is InChI=1S/C17H15ClN2/c18-12-4-5-16-15(10-12)13-2-1-3-14(13)17(20-16)11-6-8-19-9-7-11/h1-2,4-10,13-14,17,20H,3H2/t13?,14?,17-/m1/s1. The van der Waals surface area contributed by atoms with E-state index in [0.29, 0.717) is 17.9 Å². The maximum absolute atomic E-state index is 6.16. The fraction of sp³-hybridized carbons (Fsp3) is 0.235. The number of hydrogen-bond donors (Lipinski definition) is 1. The van der Waals surface area contributed by atoms with Crippen LogP contribution in [0.4, 0.5) is 5.69 Å². The largest absolute Gasteiger partial charge is 0.378 e. The zero-order chi connectivity index (χ0) is 13.5. The number of pyridine rings is 1. The van der Waals surface area contributed by atoms with Crippen LogP contribution in [0.2, 0.25) is 5.02 Å². The van der Waals surface area contributed by atoms with Crippen molar-refractivity contribution in [1.29, 1.82) is 0 Å². The average Bonchev–Trinajstić information content (AvgIpc) is 2.97. The monoisotopic (exact) mass is 282 g/mol. The second kappa shape index (κ2) is 4.64. The third-order valence-corrected chi connectivity index (χ3v) is 4.63. The highest BCUT2D eigenvalue weighted by Crippen LogP contribution is 2.50. The summed E-state index contributed by atoms with van der Waals surface area (Å²) in [6, 6.07) is 10.7. The number of rotatable bonds is 1. The molecule has 2 heterocycles. The minimum absolute atomic E-state index is 0.340. The Kier molecular flexibility index (Phi) is 2.78. The van der Waals surface area contributed by atoms with Gasteiger partial charge in [-0.1, -0.05) is 23.8 Å². The molecule has 100 valence electrons. The number of aromatic nitrogens is 1. The lowest BCUT2D eigenvalue weighted by Gasteiger charge is -2.37. The van der Waals surface area contributed by atoms with Gasteiger partial charge in [0.25, 0.3) is 0 Å². The number of halogens is 1. The molecule has 2 nitrogen and oxygen atoms in total. The molecule has 2 aromatic rings. The normalized spacial score (nSPS) is 26.8. The molecule has 1 aliphatic carbocycles. The van der Waals surface area contributed by atoms with E-state index in [9.17, 15) is 0 Å². The summed E-state index contributed by atoms with van der Waals surface area (Å²) in [4.78, 5) is 4.12. The zero-order valence-electron chi connectivity index (χ0n) is 11.0. The topological polar surface area (TPSA) is 24.9 Å². The zero-order valence-corrected chi connectivity index (χ0v) is 11.7. The Balaban J connectivity index is 1.80. The second-order valence-corrected chi connectivity index (χ2v) is 5.92. The fourth-order valence-corrected chi connectivity index (χ4v) is 3.65. The first-order valence-corrected chi connectivity index (χ1v) is 7.33. The molecule has 1 aliphatic heterocycles. The predicted molar refractivity (Wildman–Crippen MR) is 82.0 cm³/mol. The Bertz CT molecular complexity index is 666. The van der Waals surface area contributed by atoms with Crippen molar-refractivity contribution in [3.05, 3.63) is 71.0 Å². The molecule has 2 aliphatic rings. The molecule has 3 heteroatoms. The summed E-state index contributed by atoms with van der Waals surface area (Å²) in [5.74, 6) is 1.02. The van der Waals surface area contributed by atoms with E-state index < -0.39 is 0 Å². The molecule has 20 heavy (non-hydrogen) atoms. The summed E-state index contributed by atoms with van der Waals surface area (Å²) < 4.78 is 0. The summed E-state index contributed by atoms with van der Waals surface area (Å²) >= 11 is 6.16. The van der Waals surface area contributed by atoms with Crippen molar-refractivity contribution in [1.82, 2.24) is 4.98 Å². The lowest BCUT2D eigenvalue weighted by molar-refractivity contribution is 0.425. The van der Waals surface area contributed by atoms with E-state index in [1.54, 1.807) is 0 Å². The van der Waals surface area contributed by atoms with Crippen LogP contribution < -0.4 is 5.32 Å². The molecule has 0 radical (unpaired) electrons. The third-order valence-electron chi connectivity index (χ3n) is 4.39. The lowest BCUT2D eigenvalue weighted by Crippen LogP contribution is -2.29. The van der Waals surface area contributed by atoms with E-state index in [-0.39, 0.29) is 0 Å². The fourth-order valence-electron chi connectivity index (χ4n) is 3.47. The Labute approximate surface area is 123 Å². The molecule has 4 rings (SSSR count). The van der Waals surface area contributed by atoms with E-state index in [2.05, 4.69) is 46.7 Å². The summed E-state index contributed by atoms with van der Waals surface area (Å²) in [5, 5.41) is 4.50. The molecule has 0 spiro atoms. The van der Waals surface area contributed by atoms with Crippen LogP contribution in [0.15, 0.2) is 54.9 Å². The minimum atomic E-state index is 0.340. The van der Waals surface area contributed by atoms with Crippen LogP contribution in [-0.4, -0.2) is 4.98 Å². The maximum atomic E-state index is 6.16. The van der Waals surface area contributed by atoms with Gasteiger partial charge in [0.05, 0.1) is 6.04 Å². The van der Waals surface area contributed by atoms with Crippen molar-refractivity contribution in [3.63, 3.8) is 0 Å². The van der Waals surface area contributed by atoms with Gasteiger partial charge in [0, 0.05) is 29.0 Å². The van der Waals surface area contributed by atoms with Crippen molar-refractivity contribution >= 4 is 17.3 Å². The van der Waals surface area contributed by atoms with Crippen LogP contribution in [0.25, 0.3) is 0 Å². The molecule has 3 atom stereocenters. The summed E-state index contributed by atoms with van der Waals surface area (Å²) in [6.07, 6.45) is 9.46. The molecular weight excluding hydrogens is 268 g/mol. The van der Waals surface area contributed by atoms with Gasteiger partial charge in [-0.25, -0.2) is 0 Å². The number of anilines is 1. The Morgan fingerprint density at radius 2 is 2.00 bits per heavy atom. The van der Waals surface area contributed by atoms with Gasteiger partial charge < -0.3 is 5.32 Å². The number of nitrogens with zero attached hydrogens (tertiary/aromatic N) is 1. The van der Waals surface area contributed by atoms with Crippen LogP contribution in [0, 0.1) is 5.92 Å². The molecule has 1 N–H and O–H groups in total. The van der Waals surface area contributed by atoms with Crippen molar-refractivity contribution in [2.24, 2.45) is 5.92 Å². The van der Waals surface area contributed by atoms with E-state index >= 15 is 0 Å². The van der Waals surface area contributed by atoms with Gasteiger partial charge in [0.1, 0.15) is 0 Å². The third kappa shape index (κ3) is 1.83. The Morgan fingerprint density at radius 1 is 1.15 bits per heavy atom. The molecule has 0 saturated heterocycles. The molecule has 0 saturated carbocycles. The van der Waals surface area contributed by atoms with Crippen molar-refractivity contribution < 1.29 is 0 Å². The highest BCUT2D eigenvalue weighted by molar-refractivity contribution is 6.30. The molecule has 0 amide bonds. The SMILES string of the molecule is Clc1ccc2c(c1)C1C=CCC1[C@@H](c1ccncc1)N2. The van der Waals surface area contributed by atoms with Crippen molar-refractivity contribution in [3.8, 4) is 0 Å². The first-order valence-electron chi connectivity index (χ1n) is 6.95. The van der Waals surface area contributed by atoms with E-state index in [1.165, 1.54) is 16.8 Å². The first-order chi connectivity index (χ1) is 9.83. The molecule has 0 bridgehead atoms. The van der Waals surface area contributed by atoms with E-state index in [4.69, 9.17) is 11.6 Å². The number of hydrogen-bond acceptors (Lipinski definition) is 2. The van der Waals surface area contributed by atoms with Gasteiger partial charge in [-0.15, -0.1) is 0 Å². The maximum Gasteiger partial charge on any atom is 0.0555 e. The first kappa shape index (κ1) is 12.0. The summed E-state index contributed by atoms with van der Waals surface area (Å²) in [6.45, 7) is 0. The molecule has 1 aromatic carbocycles. The van der Waals surface area contributed by atoms with Gasteiger partial charge in [-0.05, 0) is 53.8 Å². The lowest BCUT2D eigenvalue weighted by atomic mass is 9.77. The molecule has 0 fully saturated rings. The highest BCUT2D eigenvalue weighted by atomic mass is 35.5. The van der Waals surface area contributed by atoms with Crippen LogP contribution in [-0.2, 0) is 0 Å². The average molecular weight is 283 g/mol. The number of benzene rings is 1. The van der Waals surface area contributed by atoms with E-state index in [0.717, 1.165) is 11.4 Å². The van der Waals surface area contributed by atoms with Crippen LogP contribution in [0.1, 0.15) is 29.5 Å². The molecular formula is C17H15ClN2. The number of nitrogens with one attached hydrogen (secondary N) is 1. The Hall–Kier alpha value is -1.80. The highest BCUT2D eigenvalue weighted by Gasteiger charge is 2.37. The summed E-state index contributed by atoms with van der Waals surface area (Å²) in [7, 11) is 0. The molecule has 2 unspecified atom stereocenters. The van der Waals surface area contributed by atoms with E-state index in [1.807, 2.05) is 18.5 Å². The number of allylic oxidation sites excluding steroid dienone is 2. The Morgan fingerprint density at radius 3 is 2.85 bits per heavy atom. The summed E-state index contributed by atoms with van der Waals surface area (Å²) in [5.41, 5.74) is 3.82. The van der Waals surface area contributed by atoms with Crippen molar-refractivity contribution in [2.75, 3.05) is 5.32 Å². The van der Waals surface area contributed by atoms with Crippen LogP contribution in [0.5, 0.6) is 0 Å². The van der Waals surface area contributed by atoms with Gasteiger partial charge in [-0.2, -0.15) is 0 Å².